The zero-order chi connectivity index (χ0) is 49.1. The number of nitrogens with zero attached hydrogens (tertiary/aromatic N) is 4. The molecule has 10 heteroatoms. The minimum atomic E-state index is -0.116. The van der Waals surface area contributed by atoms with Crippen LogP contribution in [0.1, 0.15) is 0 Å². The number of benzene rings is 11. The Morgan fingerprint density at radius 2 is 0.566 bits per heavy atom. The molecule has 0 radical (unpaired) electrons. The molecule has 0 aromatic heterocycles. The normalized spacial score (nSPS) is 14.8. The van der Waals surface area contributed by atoms with Crippen LogP contribution >= 0.6 is 0 Å². The molecule has 0 atom stereocenters. The van der Waals surface area contributed by atoms with Crippen LogP contribution in [-0.2, 0) is 0 Å². The predicted octanol–water partition coefficient (Wildman–Crippen LogP) is 7.72. The fourth-order valence-corrected chi connectivity index (χ4v) is 15.2. The van der Waals surface area contributed by atoms with Crippen LogP contribution in [0.3, 0.4) is 0 Å². The van der Waals surface area contributed by atoms with Crippen LogP contribution in [0.5, 0.6) is 23.0 Å². The van der Waals surface area contributed by atoms with E-state index in [-0.39, 0.29) is 26.9 Å². The van der Waals surface area contributed by atoms with Crippen molar-refractivity contribution in [1.29, 1.82) is 0 Å². The molecule has 0 bridgehead atoms. The van der Waals surface area contributed by atoms with Crippen LogP contribution in [0, 0.1) is 0 Å². The highest BCUT2D eigenvalue weighted by Gasteiger charge is 2.54. The second kappa shape index (κ2) is 14.2. The van der Waals surface area contributed by atoms with E-state index < -0.39 is 0 Å². The lowest BCUT2D eigenvalue weighted by molar-refractivity contribution is 0.487. The van der Waals surface area contributed by atoms with Gasteiger partial charge in [-0.25, -0.2) is 0 Å². The Bertz CT molecular complexity index is 4450. The standard InChI is InChI=1S/C66H38B4N4O2/c1-3-19-39(20-4-1)71-49-29-13-7-23-41(49)67-42-24-8-14-30-50(42)73-53-33-17-11-27-45(53)70-48-35-47-54(36-58(48)76-60-37-55(71)61(67)65(73)64(60)70)72(40-21-5-2-6-22-40)56-38-59-63-66-62(56)69(47)44-26-10-16-32-52(44)74(66)51-31-15-9-25-43(51)68(63)46-28-12-18-34-57(46)75-59/h1-38H. The highest BCUT2D eigenvalue weighted by atomic mass is 16.5. The maximum atomic E-state index is 7.68. The average Bonchev–Trinajstić information content (AvgIpc) is 3.56. The summed E-state index contributed by atoms with van der Waals surface area (Å²) in [6.07, 6.45) is 0. The molecule has 19 rings (SSSR count). The summed E-state index contributed by atoms with van der Waals surface area (Å²) < 4.78 is 14.8. The Morgan fingerprint density at radius 3 is 1.05 bits per heavy atom. The number of fused-ring (bicyclic) bond motifs is 20. The van der Waals surface area contributed by atoms with E-state index in [4.69, 9.17) is 9.47 Å². The van der Waals surface area contributed by atoms with Gasteiger partial charge in [0.2, 0.25) is 0 Å². The number of hydrogen-bond acceptors (Lipinski definition) is 6. The molecule has 11 aromatic rings. The first-order chi connectivity index (χ1) is 37.8. The molecule has 8 aliphatic rings. The van der Waals surface area contributed by atoms with Gasteiger partial charge in [-0.1, -0.05) is 152 Å². The molecule has 0 unspecified atom stereocenters. The molecule has 346 valence electrons. The van der Waals surface area contributed by atoms with Gasteiger partial charge in [0, 0.05) is 86.4 Å². The van der Waals surface area contributed by atoms with Crippen LogP contribution in [0.25, 0.3) is 0 Å². The summed E-state index contributed by atoms with van der Waals surface area (Å²) in [5, 5.41) is 0. The summed E-state index contributed by atoms with van der Waals surface area (Å²) in [4.78, 5) is 10.1. The van der Waals surface area contributed by atoms with Crippen molar-refractivity contribution >= 4 is 161 Å². The van der Waals surface area contributed by atoms with E-state index in [1.54, 1.807) is 0 Å². The fourth-order valence-electron chi connectivity index (χ4n) is 15.2. The molecule has 76 heavy (non-hydrogen) atoms. The first-order valence-electron chi connectivity index (χ1n) is 26.6. The van der Waals surface area contributed by atoms with E-state index in [1.165, 1.54) is 105 Å². The largest absolute Gasteiger partial charge is 0.458 e. The van der Waals surface area contributed by atoms with Gasteiger partial charge in [-0.2, -0.15) is 0 Å². The zero-order valence-electron chi connectivity index (χ0n) is 40.9. The summed E-state index contributed by atoms with van der Waals surface area (Å²) in [5.74, 6) is 3.56. The molecule has 8 aliphatic heterocycles. The van der Waals surface area contributed by atoms with Crippen molar-refractivity contribution in [3.8, 4) is 23.0 Å². The van der Waals surface area contributed by atoms with Crippen molar-refractivity contribution < 1.29 is 9.47 Å². The summed E-state index contributed by atoms with van der Waals surface area (Å²) >= 11 is 0. The molecular weight excluding hydrogens is 924 g/mol. The van der Waals surface area contributed by atoms with Crippen molar-refractivity contribution in [2.45, 2.75) is 0 Å². The number of hydrogen-bond donors (Lipinski definition) is 0. The molecule has 0 aliphatic carbocycles. The van der Waals surface area contributed by atoms with Gasteiger partial charge < -0.3 is 29.1 Å². The summed E-state index contributed by atoms with van der Waals surface area (Å²) in [6, 6.07) is 85.5. The summed E-state index contributed by atoms with van der Waals surface area (Å²) in [5.41, 5.74) is 29.2. The van der Waals surface area contributed by atoms with Crippen LogP contribution in [0.4, 0.5) is 68.2 Å². The molecule has 0 saturated carbocycles. The summed E-state index contributed by atoms with van der Waals surface area (Å²) in [7, 11) is 0. The Kier molecular flexibility index (Phi) is 7.46. The minimum Gasteiger partial charge on any atom is -0.458 e. The van der Waals surface area contributed by atoms with Crippen LogP contribution in [-0.4, -0.2) is 26.9 Å². The van der Waals surface area contributed by atoms with Gasteiger partial charge >= 0.3 is 0 Å². The van der Waals surface area contributed by atoms with E-state index >= 15 is 0 Å². The Morgan fingerprint density at radius 1 is 0.224 bits per heavy atom. The highest BCUT2D eigenvalue weighted by molar-refractivity contribution is 7.06. The molecule has 0 fully saturated rings. The van der Waals surface area contributed by atoms with Crippen molar-refractivity contribution in [3.63, 3.8) is 0 Å². The second-order valence-electron chi connectivity index (χ2n) is 21.4. The maximum Gasteiger partial charge on any atom is 0.256 e. The number of para-hydroxylation sites is 8. The minimum absolute atomic E-state index is 0.00181. The molecule has 0 spiro atoms. The van der Waals surface area contributed by atoms with Gasteiger partial charge in [-0.3, -0.25) is 0 Å². The smallest absolute Gasteiger partial charge is 0.256 e. The lowest BCUT2D eigenvalue weighted by Gasteiger charge is -2.50. The third-order valence-electron chi connectivity index (χ3n) is 17.9. The first-order valence-corrected chi connectivity index (χ1v) is 26.6. The van der Waals surface area contributed by atoms with E-state index in [0.717, 1.165) is 51.4 Å². The van der Waals surface area contributed by atoms with Crippen molar-refractivity contribution in [2.24, 2.45) is 0 Å². The molecular formula is C66H38B4N4O2. The average molecular weight is 962 g/mol. The molecule has 0 N–H and O–H groups in total. The third kappa shape index (κ3) is 4.81. The second-order valence-corrected chi connectivity index (χ2v) is 21.4. The molecule has 0 amide bonds. The van der Waals surface area contributed by atoms with E-state index in [2.05, 4.69) is 250 Å². The van der Waals surface area contributed by atoms with E-state index in [1.807, 2.05) is 0 Å². The Balaban J connectivity index is 0.914. The summed E-state index contributed by atoms with van der Waals surface area (Å²) in [6.45, 7) is -0.200. The zero-order valence-corrected chi connectivity index (χ0v) is 40.9. The van der Waals surface area contributed by atoms with Crippen LogP contribution < -0.4 is 94.6 Å². The van der Waals surface area contributed by atoms with E-state index in [9.17, 15) is 0 Å². The highest BCUT2D eigenvalue weighted by Crippen LogP contribution is 2.51. The fraction of sp³-hybridized carbons (Fsp3) is 0. The third-order valence-corrected chi connectivity index (χ3v) is 17.9. The van der Waals surface area contributed by atoms with Crippen LogP contribution in [0.2, 0.25) is 0 Å². The van der Waals surface area contributed by atoms with Crippen LogP contribution in [0.15, 0.2) is 231 Å². The number of anilines is 12. The molecule has 11 aromatic carbocycles. The van der Waals surface area contributed by atoms with Gasteiger partial charge in [0.25, 0.3) is 26.9 Å². The molecule has 6 nitrogen and oxygen atoms in total. The van der Waals surface area contributed by atoms with Gasteiger partial charge in [0.15, 0.2) is 0 Å². The number of ether oxygens (including phenoxy) is 2. The predicted molar refractivity (Wildman–Crippen MR) is 317 cm³/mol. The van der Waals surface area contributed by atoms with Crippen molar-refractivity contribution in [1.82, 2.24) is 0 Å². The van der Waals surface area contributed by atoms with E-state index in [0.29, 0.717) is 0 Å². The SMILES string of the molecule is c1ccc(N2c3ccccc3B3c4ccccc4N4c5ccccc5B5c6cc7c(cc6Oc6cc2c3c4c65)N(c2ccccc2)c2cc3c4c5c2B7c2ccccc2N5c2ccccc2B4c2ccccc2O3)cc1. The Hall–Kier alpha value is -9.52. The van der Waals surface area contributed by atoms with Gasteiger partial charge in [0.05, 0.1) is 0 Å². The van der Waals surface area contributed by atoms with Gasteiger partial charge in [0.1, 0.15) is 23.0 Å². The monoisotopic (exact) mass is 962 g/mol. The Labute approximate surface area is 441 Å². The molecule has 8 heterocycles. The van der Waals surface area contributed by atoms with Crippen molar-refractivity contribution in [3.05, 3.63) is 231 Å². The lowest BCUT2D eigenvalue weighted by Crippen LogP contribution is -2.69. The molecule has 0 saturated heterocycles. The maximum absolute atomic E-state index is 7.68. The van der Waals surface area contributed by atoms with Gasteiger partial charge in [-0.05, 0) is 126 Å². The number of rotatable bonds is 2. The lowest BCUT2D eigenvalue weighted by atomic mass is 9.27. The first kappa shape index (κ1) is 39.9. The topological polar surface area (TPSA) is 31.4 Å². The van der Waals surface area contributed by atoms with Gasteiger partial charge in [-0.15, -0.1) is 0 Å². The van der Waals surface area contributed by atoms with Crippen molar-refractivity contribution in [2.75, 3.05) is 19.6 Å². The quantitative estimate of drug-likeness (QED) is 0.165.